The second-order valence-corrected chi connectivity index (χ2v) is 6.61. The molecule has 100 valence electrons. The first-order valence-corrected chi connectivity index (χ1v) is 7.81. The van der Waals surface area contributed by atoms with E-state index in [4.69, 9.17) is 15.4 Å². The van der Waals surface area contributed by atoms with Gasteiger partial charge in [-0.15, -0.1) is 0 Å². The van der Waals surface area contributed by atoms with Crippen molar-refractivity contribution in [1.29, 1.82) is 0 Å². The first-order chi connectivity index (χ1) is 8.47. The van der Waals surface area contributed by atoms with E-state index in [1.807, 2.05) is 4.90 Å². The number of hydrogen-bond donors (Lipinski definition) is 0. The second-order valence-electron chi connectivity index (χ2n) is 4.08. The minimum atomic E-state index is -3.85. The third kappa shape index (κ3) is 3.41. The Morgan fingerprint density at radius 3 is 2.61 bits per heavy atom. The normalized spacial score (nSPS) is 17.9. The molecule has 2 rings (SSSR count). The molecule has 18 heavy (non-hydrogen) atoms. The molecular weight excluding hydrogens is 281 g/mol. The van der Waals surface area contributed by atoms with Gasteiger partial charge in [-0.2, -0.15) is 0 Å². The van der Waals surface area contributed by atoms with Crippen molar-refractivity contribution in [3.63, 3.8) is 0 Å². The predicted octanol–water partition coefficient (Wildman–Crippen LogP) is 1.59. The zero-order valence-corrected chi connectivity index (χ0v) is 11.2. The van der Waals surface area contributed by atoms with E-state index in [0.29, 0.717) is 38.4 Å². The Kier molecular flexibility index (Phi) is 4.21. The Balaban J connectivity index is 2.27. The van der Waals surface area contributed by atoms with Gasteiger partial charge in [0, 0.05) is 30.3 Å². The molecule has 1 aromatic rings. The number of ether oxygens (including phenoxy) is 1. The highest BCUT2D eigenvalue weighted by atomic mass is 35.7. The number of morpholine rings is 1. The van der Waals surface area contributed by atoms with E-state index in [0.717, 1.165) is 6.07 Å². The van der Waals surface area contributed by atoms with E-state index in [1.165, 1.54) is 12.1 Å². The van der Waals surface area contributed by atoms with Crippen molar-refractivity contribution >= 4 is 19.7 Å². The summed E-state index contributed by atoms with van der Waals surface area (Å²) in [5, 5.41) is 0. The van der Waals surface area contributed by atoms with Gasteiger partial charge >= 0.3 is 0 Å². The third-order valence-corrected chi connectivity index (χ3v) is 4.21. The smallest absolute Gasteiger partial charge is 0.261 e. The number of benzene rings is 1. The zero-order valence-electron chi connectivity index (χ0n) is 9.60. The molecule has 1 aromatic carbocycles. The largest absolute Gasteiger partial charge is 0.379 e. The average molecular weight is 294 g/mol. The molecule has 4 nitrogen and oxygen atoms in total. The lowest BCUT2D eigenvalue weighted by Crippen LogP contribution is -2.35. The Bertz CT molecular complexity index is 529. The van der Waals surface area contributed by atoms with Crippen LogP contribution in [0.5, 0.6) is 0 Å². The van der Waals surface area contributed by atoms with Crippen LogP contribution in [0.4, 0.5) is 4.39 Å². The van der Waals surface area contributed by atoms with Crippen LogP contribution in [-0.4, -0.2) is 39.6 Å². The van der Waals surface area contributed by atoms with Crippen LogP contribution in [0, 0.1) is 5.82 Å². The van der Waals surface area contributed by atoms with Crippen LogP contribution in [0.1, 0.15) is 5.56 Å². The maximum absolute atomic E-state index is 13.2. The van der Waals surface area contributed by atoms with Crippen molar-refractivity contribution in [2.24, 2.45) is 0 Å². The number of hydrogen-bond acceptors (Lipinski definition) is 4. The van der Waals surface area contributed by atoms with Crippen molar-refractivity contribution in [1.82, 2.24) is 4.90 Å². The summed E-state index contributed by atoms with van der Waals surface area (Å²) < 4.78 is 41.2. The second kappa shape index (κ2) is 5.52. The van der Waals surface area contributed by atoms with E-state index in [1.54, 1.807) is 0 Å². The lowest BCUT2D eigenvalue weighted by Gasteiger charge is -2.27. The van der Waals surface area contributed by atoms with E-state index < -0.39 is 14.9 Å². The van der Waals surface area contributed by atoms with Gasteiger partial charge in [0.25, 0.3) is 9.05 Å². The van der Waals surface area contributed by atoms with Gasteiger partial charge in [-0.1, -0.05) is 0 Å². The van der Waals surface area contributed by atoms with Crippen LogP contribution >= 0.6 is 10.7 Å². The Labute approximate surface area is 110 Å². The summed E-state index contributed by atoms with van der Waals surface area (Å²) in [7, 11) is 1.49. The van der Waals surface area contributed by atoms with Gasteiger partial charge in [-0.25, -0.2) is 12.8 Å². The van der Waals surface area contributed by atoms with Crippen LogP contribution in [-0.2, 0) is 20.3 Å². The van der Waals surface area contributed by atoms with Gasteiger partial charge in [0.05, 0.1) is 18.1 Å². The van der Waals surface area contributed by atoms with Gasteiger partial charge < -0.3 is 4.74 Å². The van der Waals surface area contributed by atoms with E-state index >= 15 is 0 Å². The van der Waals surface area contributed by atoms with E-state index in [2.05, 4.69) is 0 Å². The molecule has 0 aliphatic carbocycles. The first kappa shape index (κ1) is 13.7. The minimum Gasteiger partial charge on any atom is -0.379 e. The van der Waals surface area contributed by atoms with Crippen molar-refractivity contribution in [2.75, 3.05) is 26.3 Å². The highest BCUT2D eigenvalue weighted by Gasteiger charge is 2.19. The summed E-state index contributed by atoms with van der Waals surface area (Å²) in [4.78, 5) is 1.97. The molecule has 0 unspecified atom stereocenters. The molecule has 1 aliphatic rings. The molecule has 0 saturated carbocycles. The molecule has 0 N–H and O–H groups in total. The maximum atomic E-state index is 13.2. The molecule has 0 spiro atoms. The number of nitrogens with zero attached hydrogens (tertiary/aromatic N) is 1. The van der Waals surface area contributed by atoms with Gasteiger partial charge in [0.2, 0.25) is 0 Å². The quantitative estimate of drug-likeness (QED) is 0.794. The van der Waals surface area contributed by atoms with Crippen LogP contribution in [0.3, 0.4) is 0 Å². The van der Waals surface area contributed by atoms with E-state index in [9.17, 15) is 12.8 Å². The lowest BCUT2D eigenvalue weighted by molar-refractivity contribution is 0.0338. The molecule has 1 fully saturated rings. The molecule has 7 heteroatoms. The molecule has 1 aliphatic heterocycles. The minimum absolute atomic E-state index is 0.0305. The van der Waals surface area contributed by atoms with Gasteiger partial charge in [-0.05, 0) is 23.8 Å². The lowest BCUT2D eigenvalue weighted by atomic mass is 10.2. The predicted molar refractivity (Wildman–Crippen MR) is 65.5 cm³/mol. The fraction of sp³-hybridized carbons (Fsp3) is 0.455. The summed E-state index contributed by atoms with van der Waals surface area (Å²) in [6.45, 7) is 2.93. The van der Waals surface area contributed by atoms with Gasteiger partial charge in [-0.3, -0.25) is 4.90 Å². The van der Waals surface area contributed by atoms with E-state index in [-0.39, 0.29) is 4.90 Å². The van der Waals surface area contributed by atoms with Gasteiger partial charge in [0.1, 0.15) is 5.82 Å². The Morgan fingerprint density at radius 1 is 1.33 bits per heavy atom. The average Bonchev–Trinajstić information content (AvgIpc) is 2.28. The van der Waals surface area contributed by atoms with Crippen molar-refractivity contribution in [2.45, 2.75) is 11.4 Å². The highest BCUT2D eigenvalue weighted by Crippen LogP contribution is 2.22. The molecule has 0 bridgehead atoms. The summed E-state index contributed by atoms with van der Waals surface area (Å²) in [6.07, 6.45) is 0. The molecule has 1 heterocycles. The maximum Gasteiger partial charge on any atom is 0.261 e. The van der Waals surface area contributed by atoms with Gasteiger partial charge in [0.15, 0.2) is 0 Å². The fourth-order valence-corrected chi connectivity index (χ4v) is 3.03. The van der Waals surface area contributed by atoms with Crippen molar-refractivity contribution in [3.05, 3.63) is 29.6 Å². The Morgan fingerprint density at radius 2 is 2.00 bits per heavy atom. The van der Waals surface area contributed by atoms with Crippen molar-refractivity contribution in [3.8, 4) is 0 Å². The first-order valence-electron chi connectivity index (χ1n) is 5.50. The summed E-state index contributed by atoms with van der Waals surface area (Å²) in [5.41, 5.74) is 0.381. The van der Waals surface area contributed by atoms with Crippen LogP contribution < -0.4 is 0 Å². The molecule has 0 aromatic heterocycles. The molecule has 0 radical (unpaired) electrons. The fourth-order valence-electron chi connectivity index (χ4n) is 1.91. The summed E-state index contributed by atoms with van der Waals surface area (Å²) >= 11 is 0. The SMILES string of the molecule is O=S(=O)(Cl)c1ccc(F)cc1CN1CCOCC1. The number of halogens is 2. The van der Waals surface area contributed by atoms with Crippen molar-refractivity contribution < 1.29 is 17.5 Å². The summed E-state index contributed by atoms with van der Waals surface area (Å²) in [5.74, 6) is -0.470. The monoisotopic (exact) mass is 293 g/mol. The topological polar surface area (TPSA) is 46.6 Å². The van der Waals surface area contributed by atoms with Crippen LogP contribution in [0.2, 0.25) is 0 Å². The molecule has 1 saturated heterocycles. The molecule has 0 amide bonds. The summed E-state index contributed by atoms with van der Waals surface area (Å²) in [6, 6.07) is 3.51. The van der Waals surface area contributed by atoms with Crippen LogP contribution in [0.15, 0.2) is 23.1 Å². The number of rotatable bonds is 3. The zero-order chi connectivity index (χ0) is 13.2. The standard InChI is InChI=1S/C11H13ClFNO3S/c12-18(15,16)11-2-1-10(13)7-9(11)8-14-3-5-17-6-4-14/h1-2,7H,3-6,8H2. The Hall–Kier alpha value is -0.690. The molecule has 0 atom stereocenters. The highest BCUT2D eigenvalue weighted by molar-refractivity contribution is 8.13. The molecular formula is C11H13ClFNO3S. The van der Waals surface area contributed by atoms with Crippen LogP contribution in [0.25, 0.3) is 0 Å². The third-order valence-electron chi connectivity index (χ3n) is 2.78.